The molecular weight excluding hydrogens is 346 g/mol. The average Bonchev–Trinajstić information content (AvgIpc) is 2.85. The first-order valence-corrected chi connectivity index (χ1v) is 7.92. The monoisotopic (exact) mass is 357 g/mol. The van der Waals surface area contributed by atoms with E-state index in [1.807, 2.05) is 6.92 Å². The Hall–Kier alpha value is -1.54. The van der Waals surface area contributed by atoms with Gasteiger partial charge in [0.25, 0.3) is 0 Å². The molecule has 20 heavy (non-hydrogen) atoms. The lowest BCUT2D eigenvalue weighted by Crippen LogP contribution is -2.10. The van der Waals surface area contributed by atoms with Crippen molar-refractivity contribution < 1.29 is 14.1 Å². The summed E-state index contributed by atoms with van der Waals surface area (Å²) in [5.41, 5.74) is 0.0362. The van der Waals surface area contributed by atoms with Gasteiger partial charge in [-0.1, -0.05) is 15.9 Å². The van der Waals surface area contributed by atoms with Crippen molar-refractivity contribution in [2.75, 3.05) is 0 Å². The minimum absolute atomic E-state index is 0.0362. The molecule has 0 spiro atoms. The first kappa shape index (κ1) is 14.9. The number of rotatable bonds is 5. The van der Waals surface area contributed by atoms with Crippen LogP contribution in [0.5, 0.6) is 0 Å². The Balaban J connectivity index is 2.34. The van der Waals surface area contributed by atoms with Crippen molar-refractivity contribution in [3.63, 3.8) is 0 Å². The Labute approximate surface area is 126 Å². The molecule has 0 saturated heterocycles. The summed E-state index contributed by atoms with van der Waals surface area (Å²) in [7, 11) is -1.50. The smallest absolute Gasteiger partial charge is 0.336 e. The Morgan fingerprint density at radius 3 is 2.90 bits per heavy atom. The molecule has 0 amide bonds. The van der Waals surface area contributed by atoms with Crippen LogP contribution in [-0.4, -0.2) is 30.0 Å². The molecule has 2 aromatic rings. The lowest BCUT2D eigenvalue weighted by molar-refractivity contribution is 0.0693. The minimum Gasteiger partial charge on any atom is -0.478 e. The van der Waals surface area contributed by atoms with E-state index in [-0.39, 0.29) is 16.2 Å². The number of aryl methyl sites for hydroxylation is 1. The Morgan fingerprint density at radius 1 is 1.50 bits per heavy atom. The maximum absolute atomic E-state index is 12.4. The highest BCUT2D eigenvalue weighted by Crippen LogP contribution is 2.21. The molecule has 1 heterocycles. The molecule has 0 bridgehead atoms. The third-order valence-electron chi connectivity index (χ3n) is 2.67. The fourth-order valence-corrected chi connectivity index (χ4v) is 3.51. The molecule has 0 saturated carbocycles. The minimum atomic E-state index is -1.50. The van der Waals surface area contributed by atoms with Gasteiger partial charge in [-0.25, -0.2) is 14.5 Å². The first-order valence-electron chi connectivity index (χ1n) is 5.80. The van der Waals surface area contributed by atoms with Crippen LogP contribution >= 0.6 is 15.9 Å². The topological polar surface area (TPSA) is 85.1 Å². The zero-order valence-electron chi connectivity index (χ0n) is 10.6. The number of aromatic nitrogens is 3. The SMILES string of the molecule is CCn1ncnc1CS(=O)c1cc(Br)ccc1C(=O)O. The first-order chi connectivity index (χ1) is 9.52. The van der Waals surface area contributed by atoms with E-state index in [2.05, 4.69) is 26.0 Å². The number of hydrogen-bond acceptors (Lipinski definition) is 4. The summed E-state index contributed by atoms with van der Waals surface area (Å²) < 4.78 is 14.7. The highest BCUT2D eigenvalue weighted by Gasteiger charge is 2.18. The fraction of sp³-hybridized carbons (Fsp3) is 0.250. The molecule has 106 valence electrons. The quantitative estimate of drug-likeness (QED) is 0.885. The second kappa shape index (κ2) is 6.27. The van der Waals surface area contributed by atoms with E-state index in [1.165, 1.54) is 12.4 Å². The van der Waals surface area contributed by atoms with Crippen LogP contribution < -0.4 is 0 Å². The number of nitrogens with zero attached hydrogens (tertiary/aromatic N) is 3. The van der Waals surface area contributed by atoms with E-state index in [0.29, 0.717) is 16.8 Å². The lowest BCUT2D eigenvalue weighted by atomic mass is 10.2. The van der Waals surface area contributed by atoms with E-state index in [4.69, 9.17) is 5.11 Å². The van der Waals surface area contributed by atoms with E-state index in [9.17, 15) is 9.00 Å². The highest BCUT2D eigenvalue weighted by molar-refractivity contribution is 9.10. The van der Waals surface area contributed by atoms with Crippen LogP contribution in [0.3, 0.4) is 0 Å². The average molecular weight is 358 g/mol. The van der Waals surface area contributed by atoms with Crippen molar-refractivity contribution in [2.45, 2.75) is 24.1 Å². The number of carboxylic acid groups (broad SMARTS) is 1. The van der Waals surface area contributed by atoms with Gasteiger partial charge in [0.15, 0.2) is 0 Å². The van der Waals surface area contributed by atoms with E-state index in [0.717, 1.165) is 0 Å². The van der Waals surface area contributed by atoms with Crippen LogP contribution in [0.4, 0.5) is 0 Å². The summed E-state index contributed by atoms with van der Waals surface area (Å²) in [4.78, 5) is 15.5. The van der Waals surface area contributed by atoms with Crippen LogP contribution in [0.25, 0.3) is 0 Å². The summed E-state index contributed by atoms with van der Waals surface area (Å²) >= 11 is 3.26. The highest BCUT2D eigenvalue weighted by atomic mass is 79.9. The second-order valence-electron chi connectivity index (χ2n) is 3.93. The van der Waals surface area contributed by atoms with Gasteiger partial charge in [0, 0.05) is 11.0 Å². The lowest BCUT2D eigenvalue weighted by Gasteiger charge is -2.07. The molecule has 1 aromatic heterocycles. The number of carboxylic acids is 1. The third-order valence-corrected chi connectivity index (χ3v) is 4.52. The second-order valence-corrected chi connectivity index (χ2v) is 6.26. The molecule has 2 rings (SSSR count). The van der Waals surface area contributed by atoms with Gasteiger partial charge in [0.1, 0.15) is 12.2 Å². The Bertz CT molecular complexity index is 672. The number of benzene rings is 1. The summed E-state index contributed by atoms with van der Waals surface area (Å²) in [6, 6.07) is 4.61. The van der Waals surface area contributed by atoms with Crippen molar-refractivity contribution >= 4 is 32.7 Å². The summed E-state index contributed by atoms with van der Waals surface area (Å²) in [6.07, 6.45) is 1.40. The van der Waals surface area contributed by atoms with Gasteiger partial charge in [-0.05, 0) is 25.1 Å². The predicted molar refractivity (Wildman–Crippen MR) is 76.9 cm³/mol. The van der Waals surface area contributed by atoms with Gasteiger partial charge < -0.3 is 5.11 Å². The van der Waals surface area contributed by atoms with Gasteiger partial charge in [0.05, 0.1) is 27.0 Å². The molecular formula is C12H12BrN3O3S. The molecule has 6 nitrogen and oxygen atoms in total. The van der Waals surface area contributed by atoms with Gasteiger partial charge in [-0.2, -0.15) is 5.10 Å². The van der Waals surface area contributed by atoms with Gasteiger partial charge >= 0.3 is 5.97 Å². The largest absolute Gasteiger partial charge is 0.478 e. The van der Waals surface area contributed by atoms with Crippen molar-refractivity contribution in [1.82, 2.24) is 14.8 Å². The Kier molecular flexibility index (Phi) is 4.66. The summed E-state index contributed by atoms with van der Waals surface area (Å²) in [5.74, 6) is -0.398. The molecule has 0 aliphatic carbocycles. The van der Waals surface area contributed by atoms with Crippen LogP contribution in [0.15, 0.2) is 33.9 Å². The molecule has 8 heteroatoms. The molecule has 1 aromatic carbocycles. The standard InChI is InChI=1S/C12H12BrN3O3S/c1-2-16-11(14-7-15-16)6-20(19)10-5-8(13)3-4-9(10)12(17)18/h3-5,7H,2,6H2,1H3,(H,17,18). The number of halogens is 1. The number of carbonyl (C=O) groups is 1. The number of hydrogen-bond donors (Lipinski definition) is 1. The van der Waals surface area contributed by atoms with E-state index in [1.54, 1.807) is 16.8 Å². The van der Waals surface area contributed by atoms with E-state index < -0.39 is 16.8 Å². The molecule has 0 aliphatic rings. The normalized spacial score (nSPS) is 12.3. The number of aromatic carboxylic acids is 1. The van der Waals surface area contributed by atoms with Gasteiger partial charge in [-0.15, -0.1) is 0 Å². The molecule has 0 aliphatic heterocycles. The van der Waals surface area contributed by atoms with Crippen molar-refractivity contribution in [3.8, 4) is 0 Å². The van der Waals surface area contributed by atoms with Crippen molar-refractivity contribution in [1.29, 1.82) is 0 Å². The van der Waals surface area contributed by atoms with Crippen LogP contribution in [0.1, 0.15) is 23.1 Å². The molecule has 0 radical (unpaired) electrons. The molecule has 1 unspecified atom stereocenters. The predicted octanol–water partition coefficient (Wildman–Crippen LogP) is 2.07. The van der Waals surface area contributed by atoms with Gasteiger partial charge in [0.2, 0.25) is 0 Å². The van der Waals surface area contributed by atoms with Crippen LogP contribution in [-0.2, 0) is 23.1 Å². The summed E-state index contributed by atoms with van der Waals surface area (Å²) in [6.45, 7) is 2.53. The third kappa shape index (κ3) is 3.13. The van der Waals surface area contributed by atoms with Crippen LogP contribution in [0.2, 0.25) is 0 Å². The van der Waals surface area contributed by atoms with Crippen LogP contribution in [0, 0.1) is 0 Å². The van der Waals surface area contributed by atoms with Gasteiger partial charge in [-0.3, -0.25) is 4.21 Å². The summed E-state index contributed by atoms with van der Waals surface area (Å²) in [5, 5.41) is 13.2. The zero-order valence-corrected chi connectivity index (χ0v) is 13.0. The van der Waals surface area contributed by atoms with E-state index >= 15 is 0 Å². The molecule has 0 fully saturated rings. The zero-order chi connectivity index (χ0) is 14.7. The maximum atomic E-state index is 12.4. The van der Waals surface area contributed by atoms with Crippen molar-refractivity contribution in [3.05, 3.63) is 40.4 Å². The molecule has 1 atom stereocenters. The fourth-order valence-electron chi connectivity index (χ4n) is 1.72. The Morgan fingerprint density at radius 2 is 2.25 bits per heavy atom. The maximum Gasteiger partial charge on any atom is 0.336 e. The van der Waals surface area contributed by atoms with Crippen molar-refractivity contribution in [2.24, 2.45) is 0 Å². The molecule has 1 N–H and O–H groups in total.